The van der Waals surface area contributed by atoms with Gasteiger partial charge in [0.1, 0.15) is 5.75 Å². The molecule has 0 bridgehead atoms. The smallest absolute Gasteiger partial charge is 0.271 e. The Balaban J connectivity index is 1.56. The molecule has 1 aromatic heterocycles. The minimum absolute atomic E-state index is 0.0113. The molecule has 0 radical (unpaired) electrons. The fraction of sp³-hybridized carbons (Fsp3) is 0.200. The Bertz CT molecular complexity index is 1730. The normalized spacial score (nSPS) is 16.5. The molecule has 6 rings (SSSR count). The summed E-state index contributed by atoms with van der Waals surface area (Å²) >= 11 is 5.12. The first-order valence-corrected chi connectivity index (χ1v) is 13.8. The van der Waals surface area contributed by atoms with Gasteiger partial charge in [0.15, 0.2) is 4.80 Å². The van der Waals surface area contributed by atoms with Crippen molar-refractivity contribution in [2.45, 2.75) is 18.9 Å². The lowest BCUT2D eigenvalue weighted by atomic mass is 9.83. The predicted octanol–water partition coefficient (Wildman–Crippen LogP) is 5.16. The molecular weight excluding hydrogens is 546 g/mol. The zero-order valence-electron chi connectivity index (χ0n) is 20.9. The van der Waals surface area contributed by atoms with Crippen LogP contribution in [0.3, 0.4) is 0 Å². The number of allylic oxidation sites excluding steroid dienone is 1. The van der Waals surface area contributed by atoms with Gasteiger partial charge in [-0.15, -0.1) is 0 Å². The second kappa shape index (κ2) is 9.47. The summed E-state index contributed by atoms with van der Waals surface area (Å²) in [5.41, 5.74) is 7.79. The van der Waals surface area contributed by atoms with E-state index >= 15 is 0 Å². The lowest BCUT2D eigenvalue weighted by Gasteiger charge is -2.30. The van der Waals surface area contributed by atoms with Gasteiger partial charge in [-0.05, 0) is 81.4 Å². The molecule has 0 fully saturated rings. The topological polar surface area (TPSA) is 46.8 Å². The maximum Gasteiger partial charge on any atom is 0.271 e. The summed E-state index contributed by atoms with van der Waals surface area (Å²) in [6.07, 6.45) is 3.78. The number of halogens is 1. The largest absolute Gasteiger partial charge is 0.497 e. The highest BCUT2D eigenvalue weighted by molar-refractivity contribution is 9.10. The Morgan fingerprint density at radius 1 is 1.08 bits per heavy atom. The maximum absolute atomic E-state index is 13.9. The van der Waals surface area contributed by atoms with E-state index in [1.54, 1.807) is 7.11 Å². The van der Waals surface area contributed by atoms with E-state index in [4.69, 9.17) is 9.73 Å². The molecule has 3 aromatic carbocycles. The SMILES string of the molecule is COc1ccc(C2C3=C(N=c4sc(=Cc5ccc(N(C)C)c(Br)c5)c(=O)n42)c2ccccc2CC3)cc1. The van der Waals surface area contributed by atoms with Crippen LogP contribution in [0.5, 0.6) is 5.75 Å². The van der Waals surface area contributed by atoms with E-state index in [1.165, 1.54) is 28.0 Å². The van der Waals surface area contributed by atoms with Crippen molar-refractivity contribution < 1.29 is 4.74 Å². The number of benzene rings is 3. The van der Waals surface area contributed by atoms with Gasteiger partial charge >= 0.3 is 0 Å². The highest BCUT2D eigenvalue weighted by atomic mass is 79.9. The molecule has 1 unspecified atom stereocenters. The zero-order chi connectivity index (χ0) is 25.7. The van der Waals surface area contributed by atoms with E-state index < -0.39 is 0 Å². The predicted molar refractivity (Wildman–Crippen MR) is 154 cm³/mol. The van der Waals surface area contributed by atoms with Crippen LogP contribution in [0.1, 0.15) is 34.7 Å². The van der Waals surface area contributed by atoms with Gasteiger partial charge in [0, 0.05) is 24.1 Å². The first kappa shape index (κ1) is 23.9. The number of ether oxygens (including phenoxy) is 1. The minimum Gasteiger partial charge on any atom is -0.497 e. The average Bonchev–Trinajstić information content (AvgIpc) is 3.21. The molecular formula is C30H26BrN3O2S. The molecule has 2 heterocycles. The second-order valence-electron chi connectivity index (χ2n) is 9.49. The Kier molecular flexibility index (Phi) is 6.13. The third kappa shape index (κ3) is 4.16. The monoisotopic (exact) mass is 571 g/mol. The van der Waals surface area contributed by atoms with Crippen molar-refractivity contribution in [2.24, 2.45) is 4.99 Å². The average molecular weight is 573 g/mol. The molecule has 1 atom stereocenters. The summed E-state index contributed by atoms with van der Waals surface area (Å²) in [5, 5.41) is 0. The quantitative estimate of drug-likeness (QED) is 0.340. The molecule has 186 valence electrons. The Morgan fingerprint density at radius 3 is 2.59 bits per heavy atom. The number of methoxy groups -OCH3 is 1. The fourth-order valence-corrected chi connectivity index (χ4v) is 6.99. The highest BCUT2D eigenvalue weighted by Crippen LogP contribution is 2.41. The highest BCUT2D eigenvalue weighted by Gasteiger charge is 2.32. The van der Waals surface area contributed by atoms with Gasteiger partial charge in [-0.2, -0.15) is 0 Å². The van der Waals surface area contributed by atoms with Crippen molar-refractivity contribution in [3.63, 3.8) is 0 Å². The summed E-state index contributed by atoms with van der Waals surface area (Å²) in [6.45, 7) is 0. The number of rotatable bonds is 4. The van der Waals surface area contributed by atoms with Crippen molar-refractivity contribution >= 4 is 44.7 Å². The Labute approximate surface area is 227 Å². The van der Waals surface area contributed by atoms with Crippen LogP contribution in [0, 0.1) is 0 Å². The van der Waals surface area contributed by atoms with Gasteiger partial charge < -0.3 is 9.64 Å². The molecule has 0 saturated heterocycles. The third-order valence-corrected chi connectivity index (χ3v) is 8.67. The minimum atomic E-state index is -0.199. The van der Waals surface area contributed by atoms with Crippen molar-refractivity contribution in [2.75, 3.05) is 26.1 Å². The molecule has 0 amide bonds. The number of fused-ring (bicyclic) bond motifs is 3. The summed E-state index contributed by atoms with van der Waals surface area (Å²) < 4.78 is 8.94. The van der Waals surface area contributed by atoms with E-state index in [1.807, 2.05) is 42.9 Å². The van der Waals surface area contributed by atoms with E-state index in [9.17, 15) is 4.79 Å². The summed E-state index contributed by atoms with van der Waals surface area (Å²) in [6, 6.07) is 22.5. The van der Waals surface area contributed by atoms with Crippen molar-refractivity contribution in [1.29, 1.82) is 0 Å². The van der Waals surface area contributed by atoms with E-state index in [0.717, 1.165) is 50.4 Å². The van der Waals surface area contributed by atoms with Crippen molar-refractivity contribution in [3.8, 4) is 5.75 Å². The molecule has 0 N–H and O–H groups in total. The first-order chi connectivity index (χ1) is 17.9. The van der Waals surface area contributed by atoms with Crippen LogP contribution in [-0.4, -0.2) is 25.8 Å². The van der Waals surface area contributed by atoms with Crippen LogP contribution >= 0.6 is 27.3 Å². The van der Waals surface area contributed by atoms with E-state index in [-0.39, 0.29) is 11.6 Å². The van der Waals surface area contributed by atoms with Gasteiger partial charge in [0.05, 0.1) is 29.1 Å². The molecule has 37 heavy (non-hydrogen) atoms. The molecule has 7 heteroatoms. The molecule has 1 aliphatic heterocycles. The standard InChI is InChI=1S/C30H26BrN3O2S/c1-33(2)25-15-8-18(16-24(25)31)17-26-29(35)34-28(20-9-12-21(36-3)13-10-20)23-14-11-19-6-4-5-7-22(19)27(23)32-30(34)37-26/h4-10,12-13,15-17,28H,11,14H2,1-3H3. The number of anilines is 1. The fourth-order valence-electron chi connectivity index (χ4n) is 5.24. The van der Waals surface area contributed by atoms with Gasteiger partial charge in [0.2, 0.25) is 0 Å². The molecule has 4 aromatic rings. The number of nitrogens with zero attached hydrogens (tertiary/aromatic N) is 3. The number of aromatic nitrogens is 1. The van der Waals surface area contributed by atoms with E-state index in [2.05, 4.69) is 69.4 Å². The molecule has 2 aliphatic rings. The lowest BCUT2D eigenvalue weighted by Crippen LogP contribution is -2.38. The van der Waals surface area contributed by atoms with Gasteiger partial charge in [-0.1, -0.05) is 53.8 Å². The van der Waals surface area contributed by atoms with Crippen LogP contribution in [0.15, 0.2) is 86.6 Å². The zero-order valence-corrected chi connectivity index (χ0v) is 23.3. The van der Waals surface area contributed by atoms with Crippen molar-refractivity contribution in [1.82, 2.24) is 4.57 Å². The number of hydrogen-bond donors (Lipinski definition) is 0. The van der Waals surface area contributed by atoms with Crippen LogP contribution in [0.2, 0.25) is 0 Å². The number of thiazole rings is 1. The first-order valence-electron chi connectivity index (χ1n) is 12.2. The molecule has 0 spiro atoms. The van der Waals surface area contributed by atoms with Crippen molar-refractivity contribution in [3.05, 3.63) is 119 Å². The lowest BCUT2D eigenvalue weighted by molar-refractivity contribution is 0.414. The van der Waals surface area contributed by atoms with Crippen LogP contribution in [0.4, 0.5) is 5.69 Å². The molecule has 1 aliphatic carbocycles. The van der Waals surface area contributed by atoms with Crippen LogP contribution in [0.25, 0.3) is 11.8 Å². The third-order valence-electron chi connectivity index (χ3n) is 7.06. The van der Waals surface area contributed by atoms with Crippen LogP contribution in [-0.2, 0) is 6.42 Å². The van der Waals surface area contributed by atoms with Gasteiger partial charge in [0.25, 0.3) is 5.56 Å². The van der Waals surface area contributed by atoms with E-state index in [0.29, 0.717) is 4.53 Å². The number of hydrogen-bond acceptors (Lipinski definition) is 5. The maximum atomic E-state index is 13.9. The Morgan fingerprint density at radius 2 is 1.86 bits per heavy atom. The second-order valence-corrected chi connectivity index (χ2v) is 11.4. The number of aryl methyl sites for hydroxylation is 1. The summed E-state index contributed by atoms with van der Waals surface area (Å²) in [7, 11) is 5.69. The summed E-state index contributed by atoms with van der Waals surface area (Å²) in [5.74, 6) is 0.797. The Hall–Kier alpha value is -3.42. The molecule has 0 saturated carbocycles. The van der Waals surface area contributed by atoms with Gasteiger partial charge in [-0.3, -0.25) is 9.36 Å². The molecule has 5 nitrogen and oxygen atoms in total. The van der Waals surface area contributed by atoms with Gasteiger partial charge in [-0.25, -0.2) is 4.99 Å². The summed E-state index contributed by atoms with van der Waals surface area (Å²) in [4.78, 5) is 21.8. The van der Waals surface area contributed by atoms with Crippen LogP contribution < -0.4 is 24.5 Å².